The van der Waals surface area contributed by atoms with E-state index in [1.807, 2.05) is 0 Å². The summed E-state index contributed by atoms with van der Waals surface area (Å²) in [5, 5.41) is 0. The number of hydrogen-bond donors (Lipinski definition) is 1. The predicted molar refractivity (Wildman–Crippen MR) is 86.1 cm³/mol. The fourth-order valence-corrected chi connectivity index (χ4v) is 3.07. The van der Waals surface area contributed by atoms with Gasteiger partial charge in [-0.25, -0.2) is 22.0 Å². The van der Waals surface area contributed by atoms with Crippen LogP contribution in [0.1, 0.15) is 17.3 Å². The maximum Gasteiger partial charge on any atom is 0.343 e. The molecule has 6 nitrogen and oxygen atoms in total. The van der Waals surface area contributed by atoms with Gasteiger partial charge in [0.25, 0.3) is 10.0 Å². The Bertz CT molecular complexity index is 859. The van der Waals surface area contributed by atoms with Gasteiger partial charge in [-0.15, -0.1) is 0 Å². The van der Waals surface area contributed by atoms with E-state index in [2.05, 4.69) is 9.46 Å². The summed E-state index contributed by atoms with van der Waals surface area (Å²) in [7, 11) is -3.10. The van der Waals surface area contributed by atoms with Crippen molar-refractivity contribution in [2.75, 3.05) is 18.4 Å². The summed E-state index contributed by atoms with van der Waals surface area (Å²) in [6, 6.07) is 6.90. The van der Waals surface area contributed by atoms with Crippen molar-refractivity contribution >= 4 is 21.7 Å². The van der Waals surface area contributed by atoms with Crippen molar-refractivity contribution in [1.82, 2.24) is 0 Å². The van der Waals surface area contributed by atoms with E-state index in [9.17, 15) is 22.0 Å². The van der Waals surface area contributed by atoms with Crippen LogP contribution in [0.15, 0.2) is 41.3 Å². The maximum absolute atomic E-state index is 13.9. The average Bonchev–Trinajstić information content (AvgIpc) is 2.54. The summed E-state index contributed by atoms with van der Waals surface area (Å²) in [6.07, 6.45) is 0. The van der Waals surface area contributed by atoms with Crippen molar-refractivity contribution in [2.24, 2.45) is 0 Å². The Morgan fingerprint density at radius 3 is 2.16 bits per heavy atom. The summed E-state index contributed by atoms with van der Waals surface area (Å²) >= 11 is 0. The minimum atomic E-state index is -4.07. The smallest absolute Gasteiger partial charge is 0.343 e. The van der Waals surface area contributed by atoms with Crippen LogP contribution in [0.3, 0.4) is 0 Å². The lowest BCUT2D eigenvalue weighted by atomic mass is 10.2. The van der Waals surface area contributed by atoms with E-state index < -0.39 is 33.2 Å². The molecule has 0 heterocycles. The topological polar surface area (TPSA) is 81.7 Å². The van der Waals surface area contributed by atoms with E-state index >= 15 is 0 Å². The van der Waals surface area contributed by atoms with Gasteiger partial charge < -0.3 is 9.47 Å². The van der Waals surface area contributed by atoms with Crippen molar-refractivity contribution < 1.29 is 31.5 Å². The van der Waals surface area contributed by atoms with Gasteiger partial charge in [0.15, 0.2) is 0 Å². The van der Waals surface area contributed by atoms with Gasteiger partial charge in [-0.05, 0) is 43.3 Å². The van der Waals surface area contributed by atoms with Gasteiger partial charge in [0.05, 0.1) is 24.3 Å². The van der Waals surface area contributed by atoms with E-state index in [4.69, 9.17) is 4.74 Å². The second kappa shape index (κ2) is 7.47. The number of sulfonamides is 1. The lowest BCUT2D eigenvalue weighted by Crippen LogP contribution is -2.15. The third-order valence-electron chi connectivity index (χ3n) is 3.13. The van der Waals surface area contributed by atoms with E-state index in [0.717, 1.165) is 7.11 Å². The molecule has 9 heteroatoms. The van der Waals surface area contributed by atoms with Crippen LogP contribution in [0.4, 0.5) is 14.5 Å². The number of rotatable bonds is 6. The molecule has 0 aliphatic carbocycles. The number of carbonyl (C=O) groups excluding carboxylic acids is 1. The molecule has 1 N–H and O–H groups in total. The Kier molecular flexibility index (Phi) is 5.58. The third-order valence-corrected chi connectivity index (χ3v) is 4.53. The highest BCUT2D eigenvalue weighted by atomic mass is 32.2. The number of nitrogens with one attached hydrogen (secondary N) is 1. The normalized spacial score (nSPS) is 11.0. The van der Waals surface area contributed by atoms with Gasteiger partial charge in [0.2, 0.25) is 0 Å². The second-order valence-electron chi connectivity index (χ2n) is 4.82. The van der Waals surface area contributed by atoms with Gasteiger partial charge >= 0.3 is 5.97 Å². The van der Waals surface area contributed by atoms with Crippen LogP contribution < -0.4 is 9.46 Å². The zero-order valence-electron chi connectivity index (χ0n) is 13.4. The van der Waals surface area contributed by atoms with Crippen molar-refractivity contribution in [3.63, 3.8) is 0 Å². The fourth-order valence-electron chi connectivity index (χ4n) is 2.02. The first kappa shape index (κ1) is 18.7. The molecule has 0 aliphatic heterocycles. The number of halogens is 2. The summed E-state index contributed by atoms with van der Waals surface area (Å²) in [4.78, 5) is 11.2. The summed E-state index contributed by atoms with van der Waals surface area (Å²) in [5.41, 5.74) is -1.26. The molecule has 0 aromatic heterocycles. The minimum Gasteiger partial charge on any atom is -0.494 e. The predicted octanol–water partition coefficient (Wildman–Crippen LogP) is 2.95. The molecule has 0 saturated heterocycles. The van der Waals surface area contributed by atoms with Gasteiger partial charge in [-0.3, -0.25) is 4.72 Å². The van der Waals surface area contributed by atoms with Crippen LogP contribution in [-0.4, -0.2) is 28.1 Å². The highest BCUT2D eigenvalue weighted by molar-refractivity contribution is 7.92. The molecule has 0 atom stereocenters. The largest absolute Gasteiger partial charge is 0.494 e. The quantitative estimate of drug-likeness (QED) is 0.790. The minimum absolute atomic E-state index is 0.117. The number of anilines is 1. The van der Waals surface area contributed by atoms with E-state index in [1.54, 1.807) is 6.92 Å². The van der Waals surface area contributed by atoms with Gasteiger partial charge in [-0.1, -0.05) is 0 Å². The average molecular weight is 371 g/mol. The first-order valence-electron chi connectivity index (χ1n) is 7.11. The Hall–Kier alpha value is -2.68. The Labute approximate surface area is 143 Å². The highest BCUT2D eigenvalue weighted by Crippen LogP contribution is 2.23. The van der Waals surface area contributed by atoms with Crippen LogP contribution in [0.2, 0.25) is 0 Å². The molecule has 0 saturated carbocycles. The van der Waals surface area contributed by atoms with E-state index in [-0.39, 0.29) is 10.6 Å². The standard InChI is InChI=1S/C16H15F2NO5S/c1-3-24-11-4-6-12(7-5-11)25(21,22)19-10-8-13(17)15(14(18)9-10)16(20)23-2/h4-9,19H,3H2,1-2H3. The summed E-state index contributed by atoms with van der Waals surface area (Å²) in [5.74, 6) is -3.19. The number of methoxy groups -OCH3 is 1. The summed E-state index contributed by atoms with van der Waals surface area (Å²) < 4.78 is 63.8. The molecule has 0 bridgehead atoms. The van der Waals surface area contributed by atoms with Crippen molar-refractivity contribution in [3.8, 4) is 5.75 Å². The van der Waals surface area contributed by atoms with Gasteiger partial charge in [0.1, 0.15) is 22.9 Å². The van der Waals surface area contributed by atoms with Gasteiger partial charge in [-0.2, -0.15) is 0 Å². The van der Waals surface area contributed by atoms with Crippen molar-refractivity contribution in [1.29, 1.82) is 0 Å². The van der Waals surface area contributed by atoms with Gasteiger partial charge in [0, 0.05) is 0 Å². The SMILES string of the molecule is CCOc1ccc(S(=O)(=O)Nc2cc(F)c(C(=O)OC)c(F)c2)cc1. The summed E-state index contributed by atoms with van der Waals surface area (Å²) in [6.45, 7) is 2.21. The van der Waals surface area contributed by atoms with Crippen LogP contribution in [0.25, 0.3) is 0 Å². The Morgan fingerprint density at radius 2 is 1.68 bits per heavy atom. The lowest BCUT2D eigenvalue weighted by molar-refractivity contribution is 0.0590. The molecule has 134 valence electrons. The molecule has 0 radical (unpaired) electrons. The molecular formula is C16H15F2NO5S. The second-order valence-corrected chi connectivity index (χ2v) is 6.50. The van der Waals surface area contributed by atoms with Crippen molar-refractivity contribution in [3.05, 3.63) is 53.6 Å². The third kappa shape index (κ3) is 4.24. The highest BCUT2D eigenvalue weighted by Gasteiger charge is 2.21. The number of benzene rings is 2. The molecule has 2 rings (SSSR count). The van der Waals surface area contributed by atoms with Crippen LogP contribution in [0.5, 0.6) is 5.75 Å². The number of hydrogen-bond acceptors (Lipinski definition) is 5. The molecular weight excluding hydrogens is 356 g/mol. The zero-order chi connectivity index (χ0) is 18.6. The molecule has 25 heavy (non-hydrogen) atoms. The Balaban J connectivity index is 2.30. The zero-order valence-corrected chi connectivity index (χ0v) is 14.2. The molecule has 0 spiro atoms. The van der Waals surface area contributed by atoms with Crippen LogP contribution >= 0.6 is 0 Å². The number of ether oxygens (including phenoxy) is 2. The maximum atomic E-state index is 13.9. The van der Waals surface area contributed by atoms with Crippen molar-refractivity contribution in [2.45, 2.75) is 11.8 Å². The fraction of sp³-hybridized carbons (Fsp3) is 0.188. The molecule has 0 unspecified atom stereocenters. The molecule has 0 amide bonds. The molecule has 2 aromatic rings. The van der Waals surface area contributed by atoms with Crippen LogP contribution in [0, 0.1) is 11.6 Å². The molecule has 2 aromatic carbocycles. The first-order valence-corrected chi connectivity index (χ1v) is 8.60. The van der Waals surface area contributed by atoms with Crippen LogP contribution in [-0.2, 0) is 14.8 Å². The molecule has 0 fully saturated rings. The molecule has 0 aliphatic rings. The number of esters is 1. The monoisotopic (exact) mass is 371 g/mol. The lowest BCUT2D eigenvalue weighted by Gasteiger charge is -2.11. The number of carbonyl (C=O) groups is 1. The first-order chi connectivity index (χ1) is 11.8. The van der Waals surface area contributed by atoms with E-state index in [1.165, 1.54) is 24.3 Å². The van der Waals surface area contributed by atoms with E-state index in [0.29, 0.717) is 24.5 Å². The Morgan fingerprint density at radius 1 is 1.12 bits per heavy atom.